The number of alkyl halides is 3. The number of halogens is 3. The molecule has 0 saturated heterocycles. The normalized spacial score (nSPS) is 18.9. The molecule has 8 nitrogen and oxygen atoms in total. The number of carboxylic acids is 1. The second-order valence-electron chi connectivity index (χ2n) is 9.82. The monoisotopic (exact) mass is 530 g/mol. The summed E-state index contributed by atoms with van der Waals surface area (Å²) in [5.41, 5.74) is -1.01. The van der Waals surface area contributed by atoms with Gasteiger partial charge in [-0.3, -0.25) is 14.6 Å². The van der Waals surface area contributed by atoms with Crippen LogP contribution in [0.15, 0.2) is 42.7 Å². The van der Waals surface area contributed by atoms with Gasteiger partial charge in [-0.2, -0.15) is 13.2 Å². The van der Waals surface area contributed by atoms with E-state index in [4.69, 9.17) is 0 Å². The summed E-state index contributed by atoms with van der Waals surface area (Å²) >= 11 is 0. The lowest BCUT2D eigenvalue weighted by molar-refractivity contribution is -0.149. The molecule has 0 fully saturated rings. The van der Waals surface area contributed by atoms with Crippen LogP contribution >= 0.6 is 0 Å². The molecule has 1 aliphatic carbocycles. The van der Waals surface area contributed by atoms with Crippen molar-refractivity contribution in [3.8, 4) is 0 Å². The van der Waals surface area contributed by atoms with E-state index in [-0.39, 0.29) is 42.5 Å². The van der Waals surface area contributed by atoms with Crippen LogP contribution in [0.4, 0.5) is 13.2 Å². The molecule has 38 heavy (non-hydrogen) atoms. The Balaban J connectivity index is 1.60. The molecule has 1 aliphatic rings. The van der Waals surface area contributed by atoms with Gasteiger partial charge in [-0.1, -0.05) is 32.4 Å². The molecule has 2 aromatic heterocycles. The number of aromatic nitrogens is 2. The average Bonchev–Trinajstić information content (AvgIpc) is 3.24. The third-order valence-electron chi connectivity index (χ3n) is 7.31. The average molecular weight is 531 g/mol. The maximum Gasteiger partial charge on any atom is 0.418 e. The predicted octanol–water partition coefficient (Wildman–Crippen LogP) is 3.78. The Morgan fingerprint density at radius 2 is 1.89 bits per heavy atom. The first-order valence-corrected chi connectivity index (χ1v) is 12.4. The fourth-order valence-electron chi connectivity index (χ4n) is 4.98. The Morgan fingerprint density at radius 1 is 1.18 bits per heavy atom. The molecular weight excluding hydrogens is 501 g/mol. The smallest absolute Gasteiger partial charge is 0.418 e. The number of carbonyl (C=O) groups excluding carboxylic acids is 2. The van der Waals surface area contributed by atoms with E-state index in [1.807, 2.05) is 6.92 Å². The molecule has 4 rings (SSSR count). The Hall–Kier alpha value is -3.89. The van der Waals surface area contributed by atoms with Gasteiger partial charge in [-0.15, -0.1) is 0 Å². The van der Waals surface area contributed by atoms with Crippen LogP contribution in [0, 0.1) is 5.92 Å². The molecule has 202 valence electrons. The van der Waals surface area contributed by atoms with Crippen LogP contribution in [0.3, 0.4) is 0 Å². The van der Waals surface area contributed by atoms with Crippen LogP contribution < -0.4 is 10.6 Å². The number of hydrogen-bond donors (Lipinski definition) is 4. The fraction of sp³-hybridized carbons (Fsp3) is 0.407. The van der Waals surface area contributed by atoms with Crippen molar-refractivity contribution in [1.82, 2.24) is 20.6 Å². The van der Waals surface area contributed by atoms with Crippen molar-refractivity contribution in [3.63, 3.8) is 0 Å². The number of H-pyrrole nitrogens is 1. The van der Waals surface area contributed by atoms with E-state index in [1.54, 1.807) is 31.5 Å². The lowest BCUT2D eigenvalue weighted by atomic mass is 9.79. The van der Waals surface area contributed by atoms with Crippen molar-refractivity contribution in [1.29, 1.82) is 0 Å². The van der Waals surface area contributed by atoms with Crippen LogP contribution in [-0.4, -0.2) is 44.4 Å². The first kappa shape index (κ1) is 27.2. The summed E-state index contributed by atoms with van der Waals surface area (Å²) in [5, 5.41) is 15.9. The van der Waals surface area contributed by atoms with Gasteiger partial charge in [0, 0.05) is 29.9 Å². The summed E-state index contributed by atoms with van der Waals surface area (Å²) in [4.78, 5) is 45.4. The second-order valence-corrected chi connectivity index (χ2v) is 9.82. The van der Waals surface area contributed by atoms with E-state index in [1.165, 1.54) is 12.1 Å². The molecule has 2 unspecified atom stereocenters. The zero-order valence-corrected chi connectivity index (χ0v) is 21.0. The van der Waals surface area contributed by atoms with Crippen LogP contribution in [0.25, 0.3) is 10.9 Å². The molecule has 3 atom stereocenters. The van der Waals surface area contributed by atoms with Crippen molar-refractivity contribution in [2.75, 3.05) is 0 Å². The number of aromatic amines is 1. The number of carboxylic acid groups (broad SMARTS) is 1. The van der Waals surface area contributed by atoms with Gasteiger partial charge in [0.2, 0.25) is 11.8 Å². The van der Waals surface area contributed by atoms with Gasteiger partial charge < -0.3 is 20.7 Å². The predicted molar refractivity (Wildman–Crippen MR) is 133 cm³/mol. The zero-order valence-electron chi connectivity index (χ0n) is 21.0. The Bertz CT molecular complexity index is 1360. The third kappa shape index (κ3) is 5.36. The van der Waals surface area contributed by atoms with Crippen molar-refractivity contribution in [2.45, 2.75) is 63.7 Å². The van der Waals surface area contributed by atoms with Crippen molar-refractivity contribution >= 4 is 28.7 Å². The molecule has 0 spiro atoms. The first-order valence-electron chi connectivity index (χ1n) is 12.4. The van der Waals surface area contributed by atoms with Crippen LogP contribution in [0.5, 0.6) is 0 Å². The van der Waals surface area contributed by atoms with Gasteiger partial charge in [0.25, 0.3) is 0 Å². The van der Waals surface area contributed by atoms with E-state index >= 15 is 0 Å². The lowest BCUT2D eigenvalue weighted by Gasteiger charge is -2.36. The number of fused-ring (bicyclic) bond motifs is 3. The molecule has 0 bridgehead atoms. The topological polar surface area (TPSA) is 124 Å². The number of aliphatic carboxylic acids is 1. The Kier molecular flexibility index (Phi) is 7.48. The van der Waals surface area contributed by atoms with Gasteiger partial charge in [0.15, 0.2) is 0 Å². The number of nitrogens with one attached hydrogen (secondary N) is 3. The number of amides is 2. The Morgan fingerprint density at radius 3 is 2.53 bits per heavy atom. The molecule has 3 aromatic rings. The minimum atomic E-state index is -4.58. The largest absolute Gasteiger partial charge is 0.479 e. The van der Waals surface area contributed by atoms with Crippen LogP contribution in [0.1, 0.15) is 49.1 Å². The summed E-state index contributed by atoms with van der Waals surface area (Å²) in [6, 6.07) is 6.14. The molecular formula is C27H29F3N4O4. The van der Waals surface area contributed by atoms with Crippen molar-refractivity contribution < 1.29 is 32.7 Å². The van der Waals surface area contributed by atoms with E-state index in [0.717, 1.165) is 6.07 Å². The highest BCUT2D eigenvalue weighted by Crippen LogP contribution is 2.40. The number of carbonyl (C=O) groups is 3. The summed E-state index contributed by atoms with van der Waals surface area (Å²) < 4.78 is 40.7. The van der Waals surface area contributed by atoms with Crippen LogP contribution in [0.2, 0.25) is 0 Å². The zero-order chi connectivity index (χ0) is 27.7. The summed E-state index contributed by atoms with van der Waals surface area (Å²) in [6.45, 7) is 3.63. The second kappa shape index (κ2) is 10.5. The number of hydrogen-bond acceptors (Lipinski definition) is 4. The lowest BCUT2D eigenvalue weighted by Crippen LogP contribution is -2.62. The molecule has 11 heteroatoms. The third-order valence-corrected chi connectivity index (χ3v) is 7.31. The maximum atomic E-state index is 13.6. The summed E-state index contributed by atoms with van der Waals surface area (Å²) in [6.07, 6.45) is -0.987. The highest BCUT2D eigenvalue weighted by molar-refractivity contribution is 5.94. The van der Waals surface area contributed by atoms with Gasteiger partial charge >= 0.3 is 12.1 Å². The number of benzene rings is 1. The Labute approximate surface area is 217 Å². The van der Waals surface area contributed by atoms with Gasteiger partial charge in [-0.05, 0) is 48.1 Å². The summed E-state index contributed by atoms with van der Waals surface area (Å²) in [5.74, 6) is -2.64. The van der Waals surface area contributed by atoms with Crippen LogP contribution in [-0.2, 0) is 39.8 Å². The van der Waals surface area contributed by atoms with E-state index < -0.39 is 41.1 Å². The highest BCUT2D eigenvalue weighted by atomic mass is 19.4. The van der Waals surface area contributed by atoms with E-state index in [2.05, 4.69) is 20.6 Å². The van der Waals surface area contributed by atoms with Gasteiger partial charge in [0.05, 0.1) is 17.5 Å². The van der Waals surface area contributed by atoms with Gasteiger partial charge in [0.1, 0.15) is 11.6 Å². The molecule has 2 amide bonds. The molecule has 2 heterocycles. The minimum absolute atomic E-state index is 0.0204. The number of nitrogens with zero attached hydrogens (tertiary/aromatic N) is 1. The molecule has 0 saturated carbocycles. The highest BCUT2D eigenvalue weighted by Gasteiger charge is 2.46. The quantitative estimate of drug-likeness (QED) is 0.353. The minimum Gasteiger partial charge on any atom is -0.479 e. The molecule has 0 aliphatic heterocycles. The number of rotatable bonds is 8. The molecule has 0 radical (unpaired) electrons. The number of para-hydroxylation sites is 1. The van der Waals surface area contributed by atoms with Gasteiger partial charge in [-0.25, -0.2) is 4.79 Å². The maximum absolute atomic E-state index is 13.6. The standard InChI is InChI=1S/C27H29F3N4O4/c1-3-15(2)22(33-21(35)13-16-8-11-31-12-9-16)24(36)34-26(25(37)38)10-7-20-18(14-26)17-5-4-6-19(23(17)32-20)27(28,29)30/h4-6,8-9,11-12,15,22,32H,3,7,10,13-14H2,1-2H3,(H,33,35)(H,34,36)(H,37,38)/t15?,22?,26-/m1/s1. The molecule has 4 N–H and O–H groups in total. The van der Waals surface area contributed by atoms with E-state index in [9.17, 15) is 32.7 Å². The number of pyridine rings is 1. The molecule has 1 aromatic carbocycles. The van der Waals surface area contributed by atoms with E-state index in [0.29, 0.717) is 23.2 Å². The van der Waals surface area contributed by atoms with Crippen molar-refractivity contribution in [3.05, 3.63) is 65.1 Å². The summed E-state index contributed by atoms with van der Waals surface area (Å²) in [7, 11) is 0. The fourth-order valence-corrected chi connectivity index (χ4v) is 4.98. The van der Waals surface area contributed by atoms with Crippen molar-refractivity contribution in [2.24, 2.45) is 5.92 Å². The first-order chi connectivity index (χ1) is 17.9. The number of aryl methyl sites for hydroxylation is 1. The SMILES string of the molecule is CCC(C)C(NC(=O)Cc1ccncc1)C(=O)N[C@]1(C(=O)O)CCc2[nH]c3c(C(F)(F)F)cccc3c2C1.